The Balaban J connectivity index is 3.63. The Kier molecular flexibility index (Phi) is 4.86. The summed E-state index contributed by atoms with van der Waals surface area (Å²) in [6, 6.07) is 0. The second kappa shape index (κ2) is 5.13. The largest absolute Gasteiger partial charge is 0.493 e. The van der Waals surface area contributed by atoms with Crippen molar-refractivity contribution in [3.63, 3.8) is 0 Å². The van der Waals surface area contributed by atoms with Gasteiger partial charge in [0.25, 0.3) is 0 Å². The van der Waals surface area contributed by atoms with Crippen LogP contribution in [0.3, 0.4) is 0 Å². The van der Waals surface area contributed by atoms with Crippen LogP contribution in [0.5, 0.6) is 0 Å². The zero-order chi connectivity index (χ0) is 8.85. The third-order valence-electron chi connectivity index (χ3n) is 1.30. The summed E-state index contributed by atoms with van der Waals surface area (Å²) in [5.41, 5.74) is 0. The highest BCUT2D eigenvalue weighted by molar-refractivity contribution is 4.78. The molecule has 0 bridgehead atoms. The van der Waals surface area contributed by atoms with Crippen molar-refractivity contribution in [2.24, 2.45) is 0 Å². The van der Waals surface area contributed by atoms with Crippen molar-refractivity contribution in [1.29, 1.82) is 0 Å². The van der Waals surface area contributed by atoms with Gasteiger partial charge in [-0.25, -0.2) is 4.39 Å². The third-order valence-corrected chi connectivity index (χ3v) is 1.30. The number of hydrogen-bond donors (Lipinski definition) is 1. The quantitative estimate of drug-likeness (QED) is 0.623. The summed E-state index contributed by atoms with van der Waals surface area (Å²) in [5, 5.41) is 8.40. The van der Waals surface area contributed by atoms with Gasteiger partial charge in [0.2, 0.25) is 0 Å². The average Bonchev–Trinajstić information content (AvgIpc) is 1.86. The Morgan fingerprint density at radius 2 is 2.27 bits per heavy atom. The molecule has 2 atom stereocenters. The van der Waals surface area contributed by atoms with Crippen molar-refractivity contribution in [1.82, 2.24) is 0 Å². The average molecular weight is 162 g/mol. The normalized spacial score (nSPS) is 15.6. The fourth-order valence-corrected chi connectivity index (χ4v) is 0.749. The number of aliphatic hydroxyl groups is 1. The molecule has 0 amide bonds. The van der Waals surface area contributed by atoms with Crippen LogP contribution in [0, 0.1) is 0 Å². The molecule has 66 valence electrons. The molecular formula is C8H15FO2. The molecule has 11 heavy (non-hydrogen) atoms. The summed E-state index contributed by atoms with van der Waals surface area (Å²) in [7, 11) is 0. The highest BCUT2D eigenvalue weighted by atomic mass is 19.1. The minimum atomic E-state index is -1.11. The summed E-state index contributed by atoms with van der Waals surface area (Å²) in [5.74, 6) is 0.498. The highest BCUT2D eigenvalue weighted by Gasteiger charge is 2.16. The Labute approximate surface area is 66.7 Å². The predicted octanol–water partition coefficient (Wildman–Crippen LogP) is 1.65. The first kappa shape index (κ1) is 10.4. The monoisotopic (exact) mass is 162 g/mol. The van der Waals surface area contributed by atoms with E-state index in [-0.39, 0.29) is 13.0 Å². The van der Waals surface area contributed by atoms with Crippen LogP contribution in [-0.2, 0) is 4.74 Å². The summed E-state index contributed by atoms with van der Waals surface area (Å²) < 4.78 is 17.8. The van der Waals surface area contributed by atoms with Gasteiger partial charge in [-0.15, -0.1) is 0 Å². The van der Waals surface area contributed by atoms with Crippen molar-refractivity contribution in [2.45, 2.75) is 32.5 Å². The Morgan fingerprint density at radius 3 is 2.64 bits per heavy atom. The fourth-order valence-electron chi connectivity index (χ4n) is 0.749. The summed E-state index contributed by atoms with van der Waals surface area (Å²) in [6.45, 7) is 6.63. The summed E-state index contributed by atoms with van der Waals surface area (Å²) in [4.78, 5) is 0. The fraction of sp³-hybridized carbons (Fsp3) is 0.750. The molecule has 0 rings (SSSR count). The molecule has 1 N–H and O–H groups in total. The molecule has 0 radical (unpaired) electrons. The smallest absolute Gasteiger partial charge is 0.139 e. The topological polar surface area (TPSA) is 29.5 Å². The maximum absolute atomic E-state index is 12.8. The molecule has 0 fully saturated rings. The van der Waals surface area contributed by atoms with Crippen LogP contribution in [0.4, 0.5) is 4.39 Å². The van der Waals surface area contributed by atoms with Crippen LogP contribution in [0.25, 0.3) is 0 Å². The predicted molar refractivity (Wildman–Crippen MR) is 42.0 cm³/mol. The molecular weight excluding hydrogens is 147 g/mol. The molecule has 0 heterocycles. The van der Waals surface area contributed by atoms with Crippen molar-refractivity contribution in [2.75, 3.05) is 6.61 Å². The molecule has 0 aliphatic carbocycles. The van der Waals surface area contributed by atoms with Gasteiger partial charge in [-0.05, 0) is 13.8 Å². The summed E-state index contributed by atoms with van der Waals surface area (Å²) in [6.07, 6.45) is -1.51. The molecule has 2 nitrogen and oxygen atoms in total. The van der Waals surface area contributed by atoms with Crippen LogP contribution in [0.15, 0.2) is 12.3 Å². The van der Waals surface area contributed by atoms with Crippen molar-refractivity contribution in [3.8, 4) is 0 Å². The van der Waals surface area contributed by atoms with Crippen LogP contribution in [0.1, 0.15) is 20.3 Å². The second-order valence-electron chi connectivity index (χ2n) is 2.55. The first-order valence-electron chi connectivity index (χ1n) is 3.65. The molecule has 0 saturated heterocycles. The van der Waals surface area contributed by atoms with Crippen molar-refractivity contribution in [3.05, 3.63) is 12.3 Å². The van der Waals surface area contributed by atoms with Crippen molar-refractivity contribution >= 4 is 0 Å². The molecule has 0 spiro atoms. The molecule has 0 aliphatic heterocycles. The molecule has 0 aromatic rings. The van der Waals surface area contributed by atoms with E-state index in [2.05, 4.69) is 6.58 Å². The number of allylic oxidation sites excluding steroid dienone is 1. The Morgan fingerprint density at radius 1 is 1.73 bits per heavy atom. The number of ether oxygens (including phenoxy) is 1. The van der Waals surface area contributed by atoms with Gasteiger partial charge in [-0.2, -0.15) is 0 Å². The van der Waals surface area contributed by atoms with Gasteiger partial charge in [0, 0.05) is 13.0 Å². The molecule has 0 aliphatic rings. The van der Waals surface area contributed by atoms with Crippen LogP contribution >= 0.6 is 0 Å². The molecule has 1 unspecified atom stereocenters. The van der Waals surface area contributed by atoms with Gasteiger partial charge < -0.3 is 9.84 Å². The minimum absolute atomic E-state index is 0.119. The molecule has 0 aromatic heterocycles. The maximum Gasteiger partial charge on any atom is 0.139 e. The maximum atomic E-state index is 12.8. The highest BCUT2D eigenvalue weighted by Crippen LogP contribution is 2.10. The second-order valence-corrected chi connectivity index (χ2v) is 2.55. The Bertz CT molecular complexity index is 125. The van der Waals surface area contributed by atoms with Crippen LogP contribution < -0.4 is 0 Å². The van der Waals surface area contributed by atoms with Gasteiger partial charge in [0.1, 0.15) is 12.3 Å². The summed E-state index contributed by atoms with van der Waals surface area (Å²) >= 11 is 0. The number of hydrogen-bond acceptors (Lipinski definition) is 2. The first-order valence-corrected chi connectivity index (χ1v) is 3.65. The number of aliphatic hydroxyl groups excluding tert-OH is 1. The molecule has 0 aromatic carbocycles. The SMILES string of the molecule is C=C(C)OC(C)[C@H](F)CCO. The van der Waals surface area contributed by atoms with E-state index < -0.39 is 12.3 Å². The van der Waals surface area contributed by atoms with E-state index >= 15 is 0 Å². The molecule has 0 saturated carbocycles. The van der Waals surface area contributed by atoms with E-state index in [1.807, 2.05) is 0 Å². The van der Waals surface area contributed by atoms with Gasteiger partial charge in [0.05, 0.1) is 5.76 Å². The Hall–Kier alpha value is -0.570. The van der Waals surface area contributed by atoms with E-state index in [9.17, 15) is 4.39 Å². The lowest BCUT2D eigenvalue weighted by molar-refractivity contribution is 0.0448. The van der Waals surface area contributed by atoms with E-state index in [1.165, 1.54) is 0 Å². The van der Waals surface area contributed by atoms with Crippen molar-refractivity contribution < 1.29 is 14.2 Å². The lowest BCUT2D eigenvalue weighted by Crippen LogP contribution is -2.22. The van der Waals surface area contributed by atoms with Crippen LogP contribution in [-0.4, -0.2) is 24.0 Å². The number of rotatable bonds is 5. The van der Waals surface area contributed by atoms with Gasteiger partial charge >= 0.3 is 0 Å². The number of halogens is 1. The van der Waals surface area contributed by atoms with E-state index in [4.69, 9.17) is 9.84 Å². The van der Waals surface area contributed by atoms with E-state index in [0.717, 1.165) is 0 Å². The van der Waals surface area contributed by atoms with Gasteiger partial charge in [-0.3, -0.25) is 0 Å². The van der Waals surface area contributed by atoms with E-state index in [1.54, 1.807) is 13.8 Å². The zero-order valence-electron chi connectivity index (χ0n) is 7.01. The van der Waals surface area contributed by atoms with Gasteiger partial charge in [-0.1, -0.05) is 6.58 Å². The number of alkyl halides is 1. The lowest BCUT2D eigenvalue weighted by Gasteiger charge is -2.17. The zero-order valence-corrected chi connectivity index (χ0v) is 7.01. The lowest BCUT2D eigenvalue weighted by atomic mass is 10.2. The first-order chi connectivity index (χ1) is 5.07. The molecule has 3 heteroatoms. The minimum Gasteiger partial charge on any atom is -0.493 e. The third kappa shape index (κ3) is 4.79. The van der Waals surface area contributed by atoms with Crippen LogP contribution in [0.2, 0.25) is 0 Å². The standard InChI is InChI=1S/C8H15FO2/c1-6(2)11-7(3)8(9)4-5-10/h7-8,10H,1,4-5H2,2-3H3/t7?,8-/m1/s1. The van der Waals surface area contributed by atoms with E-state index in [0.29, 0.717) is 5.76 Å². The van der Waals surface area contributed by atoms with Gasteiger partial charge in [0.15, 0.2) is 0 Å².